The van der Waals surface area contributed by atoms with Crippen LogP contribution in [-0.4, -0.2) is 35.0 Å². The van der Waals surface area contributed by atoms with E-state index in [-0.39, 0.29) is 6.54 Å². The van der Waals surface area contributed by atoms with E-state index >= 15 is 0 Å². The number of nitrogens with zero attached hydrogens (tertiary/aromatic N) is 1. The van der Waals surface area contributed by atoms with E-state index in [4.69, 9.17) is 11.5 Å². The predicted molar refractivity (Wildman–Crippen MR) is 43.2 cm³/mol. The number of hydrogen-bond donors (Lipinski definition) is 1. The summed E-state index contributed by atoms with van der Waals surface area (Å²) in [7, 11) is 0. The van der Waals surface area contributed by atoms with Crippen LogP contribution >= 0.6 is 0 Å². The van der Waals surface area contributed by atoms with Gasteiger partial charge in [-0.3, -0.25) is 9.59 Å². The van der Waals surface area contributed by atoms with E-state index in [9.17, 15) is 9.59 Å². The van der Waals surface area contributed by atoms with Gasteiger partial charge in [-0.1, -0.05) is 6.08 Å². The molecule has 0 aromatic rings. The van der Waals surface area contributed by atoms with Crippen molar-refractivity contribution in [2.75, 3.05) is 13.1 Å². The number of aliphatic carboxylic acids is 1. The number of terminal acetylenes is 1. The van der Waals surface area contributed by atoms with Gasteiger partial charge in [-0.05, 0) is 5.92 Å². The molecule has 0 aliphatic carbocycles. The standard InChI is InChI=1S/C8H9NO3/c1-3-5-9(6-8(11)12)7(10)4-2/h2-3H,1,5-6H2,(H,11,12). The molecule has 0 radical (unpaired) electrons. The average Bonchev–Trinajstić information content (AvgIpc) is 2.01. The first-order chi connectivity index (χ1) is 5.61. The van der Waals surface area contributed by atoms with Crippen molar-refractivity contribution in [2.24, 2.45) is 0 Å². The number of hydrogen-bond acceptors (Lipinski definition) is 2. The molecule has 0 heterocycles. The Morgan fingerprint density at radius 1 is 1.67 bits per heavy atom. The normalized spacial score (nSPS) is 8.25. The fraction of sp³-hybridized carbons (Fsp3) is 0.250. The Morgan fingerprint density at radius 3 is 2.58 bits per heavy atom. The van der Waals surface area contributed by atoms with Gasteiger partial charge in [0.2, 0.25) is 0 Å². The summed E-state index contributed by atoms with van der Waals surface area (Å²) in [4.78, 5) is 22.0. The van der Waals surface area contributed by atoms with E-state index in [2.05, 4.69) is 6.58 Å². The highest BCUT2D eigenvalue weighted by molar-refractivity contribution is 5.94. The molecule has 0 aliphatic rings. The molecule has 0 spiro atoms. The number of amides is 1. The van der Waals surface area contributed by atoms with Crippen LogP contribution in [0.15, 0.2) is 12.7 Å². The lowest BCUT2D eigenvalue weighted by atomic mass is 10.4. The molecule has 0 saturated carbocycles. The molecule has 0 aliphatic heterocycles. The van der Waals surface area contributed by atoms with Crippen molar-refractivity contribution >= 4 is 11.9 Å². The third kappa shape index (κ3) is 3.42. The molecular formula is C8H9NO3. The number of carboxylic acids is 1. The summed E-state index contributed by atoms with van der Waals surface area (Å²) in [5.74, 6) is 0.0929. The molecule has 4 nitrogen and oxygen atoms in total. The molecule has 0 aromatic heterocycles. The Labute approximate surface area is 70.5 Å². The van der Waals surface area contributed by atoms with E-state index in [1.54, 1.807) is 0 Å². The number of rotatable bonds is 4. The van der Waals surface area contributed by atoms with Gasteiger partial charge in [-0.2, -0.15) is 0 Å². The lowest BCUT2D eigenvalue weighted by Crippen LogP contribution is -2.34. The second-order valence-electron chi connectivity index (χ2n) is 2.01. The first-order valence-corrected chi connectivity index (χ1v) is 3.20. The Bertz CT molecular complexity index is 239. The maximum absolute atomic E-state index is 10.8. The van der Waals surface area contributed by atoms with E-state index in [0.29, 0.717) is 0 Å². The number of carbonyl (C=O) groups is 2. The highest BCUT2D eigenvalue weighted by Crippen LogP contribution is 1.88. The van der Waals surface area contributed by atoms with Gasteiger partial charge in [0.1, 0.15) is 6.54 Å². The molecule has 0 bridgehead atoms. The van der Waals surface area contributed by atoms with Gasteiger partial charge in [0.25, 0.3) is 5.91 Å². The molecule has 1 N–H and O–H groups in total. The zero-order valence-corrected chi connectivity index (χ0v) is 6.49. The zero-order valence-electron chi connectivity index (χ0n) is 6.49. The summed E-state index contributed by atoms with van der Waals surface area (Å²) in [5.41, 5.74) is 0. The fourth-order valence-corrected chi connectivity index (χ4v) is 0.630. The molecule has 64 valence electrons. The van der Waals surface area contributed by atoms with Crippen LogP contribution in [0.5, 0.6) is 0 Å². The second kappa shape index (κ2) is 4.97. The number of carboxylic acid groups (broad SMARTS) is 1. The molecule has 0 rings (SSSR count). The van der Waals surface area contributed by atoms with Crippen molar-refractivity contribution in [3.05, 3.63) is 12.7 Å². The molecule has 0 aromatic carbocycles. The van der Waals surface area contributed by atoms with E-state index in [1.807, 2.05) is 5.92 Å². The minimum atomic E-state index is -1.10. The Hall–Kier alpha value is -1.76. The summed E-state index contributed by atoms with van der Waals surface area (Å²) in [6.45, 7) is 3.12. The predicted octanol–water partition coefficient (Wildman–Crippen LogP) is -0.281. The first-order valence-electron chi connectivity index (χ1n) is 3.20. The van der Waals surface area contributed by atoms with Crippen LogP contribution in [0.4, 0.5) is 0 Å². The highest BCUT2D eigenvalue weighted by Gasteiger charge is 2.12. The smallest absolute Gasteiger partial charge is 0.323 e. The van der Waals surface area contributed by atoms with Gasteiger partial charge >= 0.3 is 5.97 Å². The van der Waals surface area contributed by atoms with Gasteiger partial charge in [-0.15, -0.1) is 13.0 Å². The van der Waals surface area contributed by atoms with Gasteiger partial charge in [0.05, 0.1) is 0 Å². The Balaban J connectivity index is 4.23. The minimum Gasteiger partial charge on any atom is -0.480 e. The lowest BCUT2D eigenvalue weighted by Gasteiger charge is -2.14. The lowest BCUT2D eigenvalue weighted by molar-refractivity contribution is -0.142. The third-order valence-corrected chi connectivity index (χ3v) is 1.09. The minimum absolute atomic E-state index is 0.148. The van der Waals surface area contributed by atoms with Crippen LogP contribution in [0.25, 0.3) is 0 Å². The topological polar surface area (TPSA) is 57.6 Å². The maximum atomic E-state index is 10.8. The van der Waals surface area contributed by atoms with E-state index in [1.165, 1.54) is 6.08 Å². The molecule has 0 saturated heterocycles. The summed E-state index contributed by atoms with van der Waals surface area (Å²) < 4.78 is 0. The van der Waals surface area contributed by atoms with Crippen molar-refractivity contribution in [3.8, 4) is 12.3 Å². The maximum Gasteiger partial charge on any atom is 0.323 e. The summed E-state index contributed by atoms with van der Waals surface area (Å²) in [6.07, 6.45) is 6.23. The van der Waals surface area contributed by atoms with Gasteiger partial charge in [0, 0.05) is 6.54 Å². The third-order valence-electron chi connectivity index (χ3n) is 1.09. The quantitative estimate of drug-likeness (QED) is 0.462. The van der Waals surface area contributed by atoms with Crippen LogP contribution in [0.3, 0.4) is 0 Å². The SMILES string of the molecule is C#CC(=O)N(CC=C)CC(=O)O. The molecule has 0 unspecified atom stereocenters. The van der Waals surface area contributed by atoms with Crippen LogP contribution in [-0.2, 0) is 9.59 Å². The first kappa shape index (κ1) is 10.2. The summed E-state index contributed by atoms with van der Waals surface area (Å²) in [5, 5.41) is 8.36. The molecular weight excluding hydrogens is 158 g/mol. The van der Waals surface area contributed by atoms with Crippen molar-refractivity contribution in [2.45, 2.75) is 0 Å². The largest absolute Gasteiger partial charge is 0.480 e. The van der Waals surface area contributed by atoms with Crippen molar-refractivity contribution < 1.29 is 14.7 Å². The Morgan fingerprint density at radius 2 is 2.25 bits per heavy atom. The Kier molecular flexibility index (Phi) is 4.24. The van der Waals surface area contributed by atoms with Crippen molar-refractivity contribution in [3.63, 3.8) is 0 Å². The van der Waals surface area contributed by atoms with E-state index < -0.39 is 18.4 Å². The average molecular weight is 167 g/mol. The summed E-state index contributed by atoms with van der Waals surface area (Å²) in [6, 6.07) is 0. The molecule has 0 fully saturated rings. The van der Waals surface area contributed by atoms with Gasteiger partial charge in [0.15, 0.2) is 0 Å². The fourth-order valence-electron chi connectivity index (χ4n) is 0.630. The monoisotopic (exact) mass is 167 g/mol. The van der Waals surface area contributed by atoms with Crippen molar-refractivity contribution in [1.29, 1.82) is 0 Å². The zero-order chi connectivity index (χ0) is 9.56. The van der Waals surface area contributed by atoms with Gasteiger partial charge < -0.3 is 10.0 Å². The highest BCUT2D eigenvalue weighted by atomic mass is 16.4. The molecule has 12 heavy (non-hydrogen) atoms. The summed E-state index contributed by atoms with van der Waals surface area (Å²) >= 11 is 0. The van der Waals surface area contributed by atoms with Crippen LogP contribution in [0.1, 0.15) is 0 Å². The van der Waals surface area contributed by atoms with E-state index in [0.717, 1.165) is 4.90 Å². The number of carbonyl (C=O) groups excluding carboxylic acids is 1. The molecule has 1 amide bonds. The van der Waals surface area contributed by atoms with Crippen LogP contribution < -0.4 is 0 Å². The van der Waals surface area contributed by atoms with Gasteiger partial charge in [-0.25, -0.2) is 0 Å². The molecule has 0 atom stereocenters. The second-order valence-corrected chi connectivity index (χ2v) is 2.01. The van der Waals surface area contributed by atoms with Crippen molar-refractivity contribution in [1.82, 2.24) is 4.90 Å². The molecule has 4 heteroatoms. The van der Waals surface area contributed by atoms with Crippen LogP contribution in [0, 0.1) is 12.3 Å². The van der Waals surface area contributed by atoms with Crippen LogP contribution in [0.2, 0.25) is 0 Å².